The lowest BCUT2D eigenvalue weighted by Crippen LogP contribution is -2.43. The molecule has 0 radical (unpaired) electrons. The molecule has 4 heterocycles. The van der Waals surface area contributed by atoms with Crippen LogP contribution in [0.15, 0.2) is 58.4 Å². The highest BCUT2D eigenvalue weighted by molar-refractivity contribution is 8.00. The van der Waals surface area contributed by atoms with Crippen LogP contribution in [-0.2, 0) is 25.3 Å². The van der Waals surface area contributed by atoms with Crippen LogP contribution in [0.2, 0.25) is 0 Å². The first kappa shape index (κ1) is 29.8. The summed E-state index contributed by atoms with van der Waals surface area (Å²) in [6.45, 7) is 1.75. The van der Waals surface area contributed by atoms with E-state index in [1.165, 1.54) is 23.9 Å². The number of benzene rings is 2. The lowest BCUT2D eigenvalue weighted by molar-refractivity contribution is -0.138. The van der Waals surface area contributed by atoms with Crippen LogP contribution in [0.5, 0.6) is 5.75 Å². The second kappa shape index (κ2) is 11.0. The minimum atomic E-state index is -4.62. The summed E-state index contributed by atoms with van der Waals surface area (Å²) < 4.78 is 52.1. The number of rotatable bonds is 5. The van der Waals surface area contributed by atoms with E-state index in [1.807, 2.05) is 18.2 Å². The molecule has 7 atom stereocenters. The largest absolute Gasteiger partial charge is 0.483 e. The fraction of sp³-hybridized carbons (Fsp3) is 0.438. The van der Waals surface area contributed by atoms with Gasteiger partial charge in [-0.3, -0.25) is 24.1 Å². The number of carbonyl (C=O) groups is 3. The number of hydrogen-bond donors (Lipinski definition) is 1. The lowest BCUT2D eigenvalue weighted by atomic mass is 9.68. The van der Waals surface area contributed by atoms with Crippen molar-refractivity contribution < 1.29 is 37.0 Å². The smallest absolute Gasteiger partial charge is 0.416 e. The quantitative estimate of drug-likeness (QED) is 0.402. The number of aromatic nitrogens is 1. The monoisotopic (exact) mass is 671 g/mol. The van der Waals surface area contributed by atoms with Crippen molar-refractivity contribution in [1.82, 2.24) is 9.88 Å². The molecule has 2 saturated heterocycles. The number of thiazole rings is 1. The highest BCUT2D eigenvalue weighted by Crippen LogP contribution is 2.69. The molecular weight excluding hydrogens is 643 g/mol. The predicted octanol–water partition coefficient (Wildman–Crippen LogP) is 4.37. The van der Waals surface area contributed by atoms with Crippen molar-refractivity contribution in [2.24, 2.45) is 29.6 Å². The Morgan fingerprint density at radius 2 is 1.74 bits per heavy atom. The van der Waals surface area contributed by atoms with E-state index in [0.29, 0.717) is 38.5 Å². The van der Waals surface area contributed by atoms with Crippen LogP contribution in [0.3, 0.4) is 0 Å². The molecule has 0 spiro atoms. The summed E-state index contributed by atoms with van der Waals surface area (Å²) in [6, 6.07) is 11.8. The fourth-order valence-electron chi connectivity index (χ4n) is 8.35. The Morgan fingerprint density at radius 3 is 2.50 bits per heavy atom. The van der Waals surface area contributed by atoms with Gasteiger partial charge in [0.2, 0.25) is 11.8 Å². The number of nitrogens with one attached hydrogen (secondary N) is 1. The number of halogens is 3. The molecule has 3 aliphatic heterocycles. The molecule has 2 saturated carbocycles. The number of alkyl halides is 3. The number of nitrogens with zero attached hydrogens (tertiary/aromatic N) is 2. The zero-order chi connectivity index (χ0) is 31.9. The van der Waals surface area contributed by atoms with E-state index in [2.05, 4.69) is 4.98 Å². The van der Waals surface area contributed by atoms with Gasteiger partial charge in [-0.1, -0.05) is 35.6 Å². The number of hydrogen-bond acceptors (Lipinski definition) is 8. The standard InChI is InChI=1S/C32H28F3N3O6S2/c33-32(34,35)15-4-3-5-16(12-15)38-29(40)24-18-13-19(25(24)30(38)41)26-23(18)22(27-28(45-26)36-31(42)46-27)17-6-1-2-7-20(17)44-14-21(39)37-8-10-43-11-9-37/h1-7,12,18-19,22-26H,8-11,13-14H2,(H,36,42)/t18-,19-,22-,23?,24?,25?,26?/m1/s1. The van der Waals surface area contributed by atoms with Gasteiger partial charge in [0.25, 0.3) is 5.91 Å². The Kier molecular flexibility index (Phi) is 7.11. The fourth-order valence-corrected chi connectivity index (χ4v) is 11.2. The molecule has 14 heteroatoms. The third-order valence-electron chi connectivity index (χ3n) is 10.1. The average Bonchev–Trinajstić information content (AvgIpc) is 3.79. The second-order valence-corrected chi connectivity index (χ2v) is 14.5. The number of fused-ring (bicyclic) bond motifs is 9. The number of imide groups is 1. The molecule has 5 aliphatic rings. The number of para-hydroxylation sites is 1. The van der Waals surface area contributed by atoms with Crippen molar-refractivity contribution in [2.45, 2.75) is 28.8 Å². The molecule has 9 nitrogen and oxygen atoms in total. The third kappa shape index (κ3) is 4.62. The molecule has 2 bridgehead atoms. The number of amides is 3. The van der Waals surface area contributed by atoms with Crippen LogP contribution in [0, 0.1) is 29.6 Å². The van der Waals surface area contributed by atoms with Crippen LogP contribution >= 0.6 is 23.1 Å². The summed E-state index contributed by atoms with van der Waals surface area (Å²) >= 11 is 2.63. The normalized spacial score (nSPS) is 29.9. The first-order valence-electron chi connectivity index (χ1n) is 15.1. The van der Waals surface area contributed by atoms with Crippen LogP contribution in [0.4, 0.5) is 18.9 Å². The molecule has 3 amide bonds. The summed E-state index contributed by atoms with van der Waals surface area (Å²) in [5.41, 5.74) is -0.204. The maximum absolute atomic E-state index is 14.0. The summed E-state index contributed by atoms with van der Waals surface area (Å²) in [6.07, 6.45) is -3.99. The molecule has 8 rings (SSSR count). The number of ether oxygens (including phenoxy) is 2. The molecule has 1 N–H and O–H groups in total. The van der Waals surface area contributed by atoms with E-state index < -0.39 is 35.4 Å². The molecule has 2 aliphatic carbocycles. The van der Waals surface area contributed by atoms with Gasteiger partial charge >= 0.3 is 11.0 Å². The van der Waals surface area contributed by atoms with Crippen molar-refractivity contribution >= 4 is 46.5 Å². The van der Waals surface area contributed by atoms with E-state index >= 15 is 0 Å². The van der Waals surface area contributed by atoms with Crippen LogP contribution in [-0.4, -0.2) is 65.8 Å². The van der Waals surface area contributed by atoms with Crippen molar-refractivity contribution in [3.05, 3.63) is 74.2 Å². The zero-order valence-electron chi connectivity index (χ0n) is 24.2. The Labute approximate surface area is 269 Å². The Bertz CT molecular complexity index is 1800. The summed E-state index contributed by atoms with van der Waals surface area (Å²) in [5, 5.41) is 0.603. The first-order valence-corrected chi connectivity index (χ1v) is 16.8. The topological polar surface area (TPSA) is 109 Å². The molecule has 1 aromatic heterocycles. The number of morpholine rings is 1. The SMILES string of the molecule is O=C(COc1ccccc1[C@H]1c2sc(=O)[nH]c2SC2C1[C@H]1C[C@@H]2C2C(=O)N(c3cccc(C(F)(F)F)c3)C(=O)C21)N1CCOCC1. The molecule has 4 unspecified atom stereocenters. The van der Waals surface area contributed by atoms with E-state index in [0.717, 1.165) is 43.8 Å². The van der Waals surface area contributed by atoms with E-state index in [4.69, 9.17) is 9.47 Å². The van der Waals surface area contributed by atoms with E-state index in [-0.39, 0.29) is 52.0 Å². The van der Waals surface area contributed by atoms with Crippen molar-refractivity contribution in [3.8, 4) is 5.75 Å². The minimum absolute atomic E-state index is 0.0714. The van der Waals surface area contributed by atoms with Gasteiger partial charge in [0.1, 0.15) is 5.75 Å². The Balaban J connectivity index is 1.14. The predicted molar refractivity (Wildman–Crippen MR) is 162 cm³/mol. The Hall–Kier alpha value is -3.62. The van der Waals surface area contributed by atoms with Crippen molar-refractivity contribution in [1.29, 1.82) is 0 Å². The number of carbonyl (C=O) groups excluding carboxylic acids is 3. The van der Waals surface area contributed by atoms with E-state index in [9.17, 15) is 32.3 Å². The van der Waals surface area contributed by atoms with Crippen LogP contribution in [0.1, 0.15) is 28.3 Å². The maximum Gasteiger partial charge on any atom is 0.416 e. The van der Waals surface area contributed by atoms with Gasteiger partial charge in [-0.15, -0.1) is 11.8 Å². The van der Waals surface area contributed by atoms with Gasteiger partial charge in [0.05, 0.1) is 41.3 Å². The molecule has 2 aromatic carbocycles. The van der Waals surface area contributed by atoms with Gasteiger partial charge in [-0.2, -0.15) is 13.2 Å². The van der Waals surface area contributed by atoms with Crippen LogP contribution < -0.4 is 14.5 Å². The summed E-state index contributed by atoms with van der Waals surface area (Å²) in [7, 11) is 0. The van der Waals surface area contributed by atoms with Gasteiger partial charge < -0.3 is 19.4 Å². The zero-order valence-corrected chi connectivity index (χ0v) is 25.8. The van der Waals surface area contributed by atoms with Gasteiger partial charge in [-0.05, 0) is 48.4 Å². The lowest BCUT2D eigenvalue weighted by Gasteiger charge is -2.43. The summed E-state index contributed by atoms with van der Waals surface area (Å²) in [5.74, 6) is -2.85. The summed E-state index contributed by atoms with van der Waals surface area (Å²) in [4.78, 5) is 59.7. The second-order valence-electron chi connectivity index (χ2n) is 12.3. The maximum atomic E-state index is 14.0. The average molecular weight is 672 g/mol. The number of H-pyrrole nitrogens is 1. The van der Waals surface area contributed by atoms with Gasteiger partial charge in [0.15, 0.2) is 6.61 Å². The number of anilines is 1. The number of thioether (sulfide) groups is 1. The van der Waals surface area contributed by atoms with Crippen LogP contribution in [0.25, 0.3) is 0 Å². The van der Waals surface area contributed by atoms with Crippen molar-refractivity contribution in [3.63, 3.8) is 0 Å². The third-order valence-corrected chi connectivity index (χ3v) is 12.7. The first-order chi connectivity index (χ1) is 22.1. The molecule has 46 heavy (non-hydrogen) atoms. The molecular formula is C32H28F3N3O6S2. The molecule has 4 fully saturated rings. The number of aromatic amines is 1. The highest BCUT2D eigenvalue weighted by atomic mass is 32.2. The highest BCUT2D eigenvalue weighted by Gasteiger charge is 2.70. The molecule has 3 aromatic rings. The minimum Gasteiger partial charge on any atom is -0.483 e. The molecule has 240 valence electrons. The van der Waals surface area contributed by atoms with Crippen molar-refractivity contribution in [2.75, 3.05) is 37.8 Å². The van der Waals surface area contributed by atoms with E-state index in [1.54, 1.807) is 11.0 Å². The van der Waals surface area contributed by atoms with Gasteiger partial charge in [0, 0.05) is 34.7 Å². The van der Waals surface area contributed by atoms with Gasteiger partial charge in [-0.25, -0.2) is 0 Å². The Morgan fingerprint density at radius 1 is 1.00 bits per heavy atom.